The summed E-state index contributed by atoms with van der Waals surface area (Å²) in [6.07, 6.45) is 1.54. The molecule has 0 aliphatic rings. The molecule has 1 unspecified atom stereocenters. The summed E-state index contributed by atoms with van der Waals surface area (Å²) < 4.78 is 10.4. The van der Waals surface area contributed by atoms with E-state index in [-0.39, 0.29) is 0 Å². The summed E-state index contributed by atoms with van der Waals surface area (Å²) in [7, 11) is -0.683. The fourth-order valence-electron chi connectivity index (χ4n) is 2.85. The summed E-state index contributed by atoms with van der Waals surface area (Å²) in [5.41, 5.74) is -0.645. The van der Waals surface area contributed by atoms with Crippen LogP contribution >= 0.6 is 0 Å². The Labute approximate surface area is 164 Å². The van der Waals surface area contributed by atoms with Crippen LogP contribution in [0.5, 0.6) is 0 Å². The molecular formula is C21H33NO4Si. The molecule has 0 aliphatic heterocycles. The number of carbonyl (C=O) groups is 2. The van der Waals surface area contributed by atoms with Gasteiger partial charge in [0.1, 0.15) is 19.7 Å². The van der Waals surface area contributed by atoms with E-state index < -0.39 is 31.8 Å². The zero-order valence-corrected chi connectivity index (χ0v) is 18.8. The molecular weight excluding hydrogens is 358 g/mol. The quantitative estimate of drug-likeness (QED) is 0.545. The van der Waals surface area contributed by atoms with Gasteiger partial charge in [-0.1, -0.05) is 59.9 Å². The first-order valence-electron chi connectivity index (χ1n) is 9.22. The van der Waals surface area contributed by atoms with Crippen LogP contribution in [-0.2, 0) is 14.3 Å². The number of hydrogen-bond acceptors (Lipinski definition) is 4. The van der Waals surface area contributed by atoms with Crippen LogP contribution in [0.1, 0.15) is 34.6 Å². The van der Waals surface area contributed by atoms with Gasteiger partial charge in [-0.25, -0.2) is 9.59 Å². The SMILES string of the molecule is C/C=C(/CN(C(=O)OC(C)(C)C)C(C)C(=O)OC)[Si](C)(C)c1ccccc1. The van der Waals surface area contributed by atoms with Gasteiger partial charge in [-0.15, -0.1) is 0 Å². The number of carbonyl (C=O) groups excluding carboxylic acids is 2. The molecule has 0 spiro atoms. The minimum Gasteiger partial charge on any atom is -0.467 e. The third-order valence-electron chi connectivity index (χ3n) is 4.63. The van der Waals surface area contributed by atoms with Crippen molar-refractivity contribution in [2.24, 2.45) is 0 Å². The van der Waals surface area contributed by atoms with E-state index in [0.29, 0.717) is 6.54 Å². The van der Waals surface area contributed by atoms with Crippen molar-refractivity contribution in [1.82, 2.24) is 4.90 Å². The lowest BCUT2D eigenvalue weighted by molar-refractivity contribution is -0.146. The van der Waals surface area contributed by atoms with Gasteiger partial charge >= 0.3 is 12.1 Å². The van der Waals surface area contributed by atoms with Crippen LogP contribution in [0, 0.1) is 0 Å². The summed E-state index contributed by atoms with van der Waals surface area (Å²) in [6.45, 7) is 13.9. The molecule has 0 bridgehead atoms. The predicted molar refractivity (Wildman–Crippen MR) is 112 cm³/mol. The van der Waals surface area contributed by atoms with Crippen molar-refractivity contribution in [2.75, 3.05) is 13.7 Å². The molecule has 0 aromatic heterocycles. The lowest BCUT2D eigenvalue weighted by Gasteiger charge is -2.35. The fraction of sp³-hybridized carbons (Fsp3) is 0.524. The molecule has 0 saturated carbocycles. The van der Waals surface area contributed by atoms with Crippen LogP contribution in [-0.4, -0.2) is 50.3 Å². The lowest BCUT2D eigenvalue weighted by atomic mass is 10.2. The molecule has 1 aromatic carbocycles. The van der Waals surface area contributed by atoms with E-state index in [4.69, 9.17) is 9.47 Å². The number of hydrogen-bond donors (Lipinski definition) is 0. The van der Waals surface area contributed by atoms with Gasteiger partial charge in [0, 0.05) is 6.54 Å². The predicted octanol–water partition coefficient (Wildman–Crippen LogP) is 3.89. The summed E-state index contributed by atoms with van der Waals surface area (Å²) in [5.74, 6) is -0.463. The second-order valence-corrected chi connectivity index (χ2v) is 12.6. The third kappa shape index (κ3) is 6.24. The largest absolute Gasteiger partial charge is 0.467 e. The molecule has 0 radical (unpaired) electrons. The Morgan fingerprint density at radius 3 is 2.19 bits per heavy atom. The molecule has 1 rings (SSSR count). The Bertz CT molecular complexity index is 677. The molecule has 150 valence electrons. The maximum atomic E-state index is 12.8. The number of rotatable bonds is 6. The molecule has 5 nitrogen and oxygen atoms in total. The van der Waals surface area contributed by atoms with Crippen molar-refractivity contribution in [3.63, 3.8) is 0 Å². The first-order chi connectivity index (χ1) is 12.4. The molecule has 0 fully saturated rings. The van der Waals surface area contributed by atoms with E-state index in [0.717, 1.165) is 5.20 Å². The van der Waals surface area contributed by atoms with Crippen LogP contribution in [0.3, 0.4) is 0 Å². The monoisotopic (exact) mass is 391 g/mol. The zero-order valence-electron chi connectivity index (χ0n) is 17.8. The van der Waals surface area contributed by atoms with Crippen LogP contribution in [0.2, 0.25) is 13.1 Å². The summed E-state index contributed by atoms with van der Waals surface area (Å²) in [5, 5.41) is 2.42. The number of amides is 1. The Morgan fingerprint density at radius 1 is 1.19 bits per heavy atom. The number of methoxy groups -OCH3 is 1. The van der Waals surface area contributed by atoms with E-state index >= 15 is 0 Å². The van der Waals surface area contributed by atoms with Gasteiger partial charge in [0.15, 0.2) is 0 Å². The maximum absolute atomic E-state index is 12.8. The first-order valence-corrected chi connectivity index (χ1v) is 12.2. The van der Waals surface area contributed by atoms with Crippen molar-refractivity contribution in [3.05, 3.63) is 41.6 Å². The highest BCUT2D eigenvalue weighted by Crippen LogP contribution is 2.20. The van der Waals surface area contributed by atoms with E-state index in [1.54, 1.807) is 6.92 Å². The van der Waals surface area contributed by atoms with Crippen molar-refractivity contribution < 1.29 is 19.1 Å². The molecule has 1 atom stereocenters. The number of ether oxygens (including phenoxy) is 2. The molecule has 6 heteroatoms. The van der Waals surface area contributed by atoms with E-state index in [1.807, 2.05) is 45.9 Å². The topological polar surface area (TPSA) is 55.8 Å². The molecule has 0 heterocycles. The Hall–Kier alpha value is -2.08. The van der Waals surface area contributed by atoms with Gasteiger partial charge in [0.2, 0.25) is 0 Å². The Kier molecular flexibility index (Phi) is 7.84. The minimum atomic E-state index is -2.01. The Balaban J connectivity index is 3.21. The molecule has 0 aliphatic carbocycles. The number of benzene rings is 1. The minimum absolute atomic E-state index is 0.329. The average Bonchev–Trinajstić information content (AvgIpc) is 2.60. The third-order valence-corrected chi connectivity index (χ3v) is 8.45. The van der Waals surface area contributed by atoms with Crippen LogP contribution < -0.4 is 5.19 Å². The van der Waals surface area contributed by atoms with E-state index in [9.17, 15) is 9.59 Å². The Morgan fingerprint density at radius 2 is 1.74 bits per heavy atom. The first kappa shape index (κ1) is 23.0. The number of esters is 1. The second kappa shape index (κ2) is 9.22. The normalized spacial score (nSPS) is 13.7. The van der Waals surface area contributed by atoms with Gasteiger partial charge in [-0.05, 0) is 34.6 Å². The van der Waals surface area contributed by atoms with Crippen molar-refractivity contribution in [2.45, 2.75) is 59.4 Å². The smallest absolute Gasteiger partial charge is 0.411 e. The van der Waals surface area contributed by atoms with Crippen molar-refractivity contribution in [1.29, 1.82) is 0 Å². The average molecular weight is 392 g/mol. The summed E-state index contributed by atoms with van der Waals surface area (Å²) >= 11 is 0. The lowest BCUT2D eigenvalue weighted by Crippen LogP contribution is -2.52. The van der Waals surface area contributed by atoms with Gasteiger partial charge in [0.25, 0.3) is 0 Å². The van der Waals surface area contributed by atoms with Gasteiger partial charge in [-0.3, -0.25) is 4.90 Å². The van der Waals surface area contributed by atoms with E-state index in [1.165, 1.54) is 17.2 Å². The number of nitrogens with zero attached hydrogens (tertiary/aromatic N) is 1. The second-order valence-electron chi connectivity index (χ2n) is 8.11. The molecule has 0 N–H and O–H groups in total. The number of allylic oxidation sites excluding steroid dienone is 1. The highest BCUT2D eigenvalue weighted by atomic mass is 28.3. The van der Waals surface area contributed by atoms with Gasteiger partial charge < -0.3 is 9.47 Å². The van der Waals surface area contributed by atoms with E-state index in [2.05, 4.69) is 31.3 Å². The zero-order chi connectivity index (χ0) is 20.8. The highest BCUT2D eigenvalue weighted by Gasteiger charge is 2.35. The molecule has 1 aromatic rings. The van der Waals surface area contributed by atoms with Gasteiger partial charge in [0.05, 0.1) is 7.11 Å². The molecule has 27 heavy (non-hydrogen) atoms. The van der Waals surface area contributed by atoms with Crippen LogP contribution in [0.15, 0.2) is 41.6 Å². The summed E-state index contributed by atoms with van der Waals surface area (Å²) in [4.78, 5) is 26.4. The molecule has 1 amide bonds. The van der Waals surface area contributed by atoms with Crippen molar-refractivity contribution in [3.8, 4) is 0 Å². The van der Waals surface area contributed by atoms with Crippen LogP contribution in [0.25, 0.3) is 0 Å². The fourth-order valence-corrected chi connectivity index (χ4v) is 5.54. The van der Waals surface area contributed by atoms with Crippen molar-refractivity contribution >= 4 is 25.3 Å². The standard InChI is InChI=1S/C21H33NO4Si/c1-9-17(27(7,8)18-13-11-10-12-14-18)15-22(16(2)19(23)25-6)20(24)26-21(3,4)5/h9-14,16H,15H2,1-8H3/b17-9-. The molecule has 0 saturated heterocycles. The maximum Gasteiger partial charge on any atom is 0.411 e. The summed E-state index contributed by atoms with van der Waals surface area (Å²) in [6, 6.07) is 9.56. The van der Waals surface area contributed by atoms with Crippen LogP contribution in [0.4, 0.5) is 4.79 Å². The highest BCUT2D eigenvalue weighted by molar-refractivity contribution is 6.95. The van der Waals surface area contributed by atoms with Gasteiger partial charge in [-0.2, -0.15) is 0 Å².